The molecule has 1 N–H and O–H groups in total. The van der Waals surface area contributed by atoms with E-state index in [1.54, 1.807) is 6.20 Å². The maximum absolute atomic E-state index is 11.1. The largest absolute Gasteiger partial charge is 0.334 e. The summed E-state index contributed by atoms with van der Waals surface area (Å²) in [5.41, 5.74) is 0. The molecule has 16 heavy (non-hydrogen) atoms. The standard InChI is InChI=1S/C10H19N3O2S/c1-4-13-6-5-11-10(13)7-12-9(2)8-16(3,14)15/h5-6,9,12H,4,7-8H2,1-3H3. The van der Waals surface area contributed by atoms with E-state index in [0.29, 0.717) is 6.54 Å². The molecule has 1 atom stereocenters. The summed E-state index contributed by atoms with van der Waals surface area (Å²) in [4.78, 5) is 4.21. The van der Waals surface area contributed by atoms with Crippen molar-refractivity contribution < 1.29 is 8.42 Å². The Bertz CT molecular complexity index is 425. The summed E-state index contributed by atoms with van der Waals surface area (Å²) in [6.45, 7) is 5.38. The molecule has 0 saturated heterocycles. The molecule has 1 heterocycles. The number of sulfone groups is 1. The Morgan fingerprint density at radius 3 is 2.81 bits per heavy atom. The predicted molar refractivity (Wildman–Crippen MR) is 63.9 cm³/mol. The van der Waals surface area contributed by atoms with Crippen molar-refractivity contribution in [1.82, 2.24) is 14.9 Å². The summed E-state index contributed by atoms with van der Waals surface area (Å²) in [6, 6.07) is -0.0583. The molecule has 1 unspecified atom stereocenters. The van der Waals surface area contributed by atoms with E-state index in [1.807, 2.05) is 24.6 Å². The van der Waals surface area contributed by atoms with E-state index in [9.17, 15) is 8.42 Å². The molecule has 0 bridgehead atoms. The molecular formula is C10H19N3O2S. The predicted octanol–water partition coefficient (Wildman–Crippen LogP) is 0.426. The Morgan fingerprint density at radius 2 is 2.25 bits per heavy atom. The van der Waals surface area contributed by atoms with Crippen LogP contribution in [0.1, 0.15) is 19.7 Å². The van der Waals surface area contributed by atoms with Gasteiger partial charge >= 0.3 is 0 Å². The summed E-state index contributed by atoms with van der Waals surface area (Å²) in [5.74, 6) is 1.09. The highest BCUT2D eigenvalue weighted by molar-refractivity contribution is 7.90. The fourth-order valence-corrected chi connectivity index (χ4v) is 2.60. The zero-order valence-electron chi connectivity index (χ0n) is 9.97. The van der Waals surface area contributed by atoms with E-state index in [2.05, 4.69) is 10.3 Å². The summed E-state index contributed by atoms with van der Waals surface area (Å²) in [7, 11) is -2.92. The fraction of sp³-hybridized carbons (Fsp3) is 0.700. The molecule has 0 fully saturated rings. The van der Waals surface area contributed by atoms with Gasteiger partial charge in [-0.1, -0.05) is 0 Å². The highest BCUT2D eigenvalue weighted by Gasteiger charge is 2.10. The van der Waals surface area contributed by atoms with Gasteiger partial charge in [-0.15, -0.1) is 0 Å². The molecule has 0 aliphatic heterocycles. The Balaban J connectivity index is 2.46. The molecule has 0 spiro atoms. The molecule has 0 amide bonds. The number of imidazole rings is 1. The number of rotatable bonds is 6. The normalized spacial score (nSPS) is 13.9. The first-order valence-corrected chi connectivity index (χ1v) is 7.39. The minimum absolute atomic E-state index is 0.0583. The van der Waals surface area contributed by atoms with Crippen LogP contribution >= 0.6 is 0 Å². The lowest BCUT2D eigenvalue weighted by Gasteiger charge is -2.12. The first-order valence-electron chi connectivity index (χ1n) is 5.33. The Morgan fingerprint density at radius 1 is 1.56 bits per heavy atom. The van der Waals surface area contributed by atoms with Crippen LogP contribution in [-0.4, -0.2) is 36.0 Å². The first kappa shape index (κ1) is 13.2. The van der Waals surface area contributed by atoms with Crippen LogP contribution in [0.2, 0.25) is 0 Å². The van der Waals surface area contributed by atoms with Gasteiger partial charge in [-0.2, -0.15) is 0 Å². The Kier molecular flexibility index (Phi) is 4.49. The molecule has 1 aromatic rings. The van der Waals surface area contributed by atoms with Crippen LogP contribution in [0.4, 0.5) is 0 Å². The molecule has 1 aromatic heterocycles. The van der Waals surface area contributed by atoms with Crippen LogP contribution in [0, 0.1) is 0 Å². The van der Waals surface area contributed by atoms with Crippen molar-refractivity contribution in [1.29, 1.82) is 0 Å². The number of aromatic nitrogens is 2. The Hall–Kier alpha value is -0.880. The quantitative estimate of drug-likeness (QED) is 0.789. The average molecular weight is 245 g/mol. The van der Waals surface area contributed by atoms with Gasteiger partial charge < -0.3 is 9.88 Å². The second-order valence-electron chi connectivity index (χ2n) is 4.00. The van der Waals surface area contributed by atoms with Crippen LogP contribution in [0.15, 0.2) is 12.4 Å². The Labute approximate surface area is 96.8 Å². The molecule has 0 saturated carbocycles. The van der Waals surface area contributed by atoms with Crippen LogP contribution in [0.25, 0.3) is 0 Å². The first-order chi connectivity index (χ1) is 7.42. The van der Waals surface area contributed by atoms with Gasteiger partial charge in [0.05, 0.1) is 12.3 Å². The molecule has 0 aromatic carbocycles. The fourth-order valence-electron chi connectivity index (χ4n) is 1.57. The van der Waals surface area contributed by atoms with Crippen molar-refractivity contribution >= 4 is 9.84 Å². The van der Waals surface area contributed by atoms with Gasteiger partial charge in [0.25, 0.3) is 0 Å². The van der Waals surface area contributed by atoms with Crippen molar-refractivity contribution in [2.24, 2.45) is 0 Å². The summed E-state index contributed by atoms with van der Waals surface area (Å²) >= 11 is 0. The number of nitrogens with zero attached hydrogens (tertiary/aromatic N) is 2. The van der Waals surface area contributed by atoms with Gasteiger partial charge in [0.1, 0.15) is 15.7 Å². The molecule has 1 rings (SSSR count). The number of aryl methyl sites for hydroxylation is 1. The average Bonchev–Trinajstić information content (AvgIpc) is 2.59. The molecule has 92 valence electrons. The summed E-state index contributed by atoms with van der Waals surface area (Å²) < 4.78 is 24.2. The summed E-state index contributed by atoms with van der Waals surface area (Å²) in [6.07, 6.45) is 4.91. The molecule has 0 aliphatic rings. The maximum Gasteiger partial charge on any atom is 0.148 e. The highest BCUT2D eigenvalue weighted by atomic mass is 32.2. The van der Waals surface area contributed by atoms with E-state index in [0.717, 1.165) is 12.4 Å². The lowest BCUT2D eigenvalue weighted by Crippen LogP contribution is -2.33. The van der Waals surface area contributed by atoms with Crippen LogP contribution in [-0.2, 0) is 22.9 Å². The molecule has 0 radical (unpaired) electrons. The van der Waals surface area contributed by atoms with Gasteiger partial charge in [0, 0.05) is 31.2 Å². The van der Waals surface area contributed by atoms with E-state index in [4.69, 9.17) is 0 Å². The van der Waals surface area contributed by atoms with Crippen LogP contribution in [0.5, 0.6) is 0 Å². The number of nitrogens with one attached hydrogen (secondary N) is 1. The van der Waals surface area contributed by atoms with Crippen LogP contribution in [0.3, 0.4) is 0 Å². The molecule has 5 nitrogen and oxygen atoms in total. The SMILES string of the molecule is CCn1ccnc1CNC(C)CS(C)(=O)=O. The van der Waals surface area contributed by atoms with Gasteiger partial charge in [-0.3, -0.25) is 0 Å². The minimum Gasteiger partial charge on any atom is -0.334 e. The van der Waals surface area contributed by atoms with Gasteiger partial charge in [-0.05, 0) is 13.8 Å². The van der Waals surface area contributed by atoms with Gasteiger partial charge in [-0.25, -0.2) is 13.4 Å². The highest BCUT2D eigenvalue weighted by Crippen LogP contribution is 1.98. The van der Waals surface area contributed by atoms with E-state index >= 15 is 0 Å². The zero-order valence-corrected chi connectivity index (χ0v) is 10.8. The van der Waals surface area contributed by atoms with E-state index in [1.165, 1.54) is 6.26 Å². The number of hydrogen-bond acceptors (Lipinski definition) is 4. The topological polar surface area (TPSA) is 64.0 Å². The van der Waals surface area contributed by atoms with Crippen LogP contribution < -0.4 is 5.32 Å². The molecule has 6 heteroatoms. The van der Waals surface area contributed by atoms with E-state index < -0.39 is 9.84 Å². The minimum atomic E-state index is -2.92. The van der Waals surface area contributed by atoms with Gasteiger partial charge in [0.15, 0.2) is 0 Å². The second kappa shape index (κ2) is 5.45. The van der Waals surface area contributed by atoms with Crippen molar-refractivity contribution in [3.05, 3.63) is 18.2 Å². The maximum atomic E-state index is 11.1. The second-order valence-corrected chi connectivity index (χ2v) is 6.19. The van der Waals surface area contributed by atoms with Crippen molar-refractivity contribution in [3.8, 4) is 0 Å². The third kappa shape index (κ3) is 4.32. The monoisotopic (exact) mass is 245 g/mol. The van der Waals surface area contributed by atoms with Crippen molar-refractivity contribution in [3.63, 3.8) is 0 Å². The lowest BCUT2D eigenvalue weighted by atomic mass is 10.4. The third-order valence-corrected chi connectivity index (χ3v) is 3.41. The third-order valence-electron chi connectivity index (χ3n) is 2.30. The van der Waals surface area contributed by atoms with E-state index in [-0.39, 0.29) is 11.8 Å². The zero-order chi connectivity index (χ0) is 12.2. The smallest absolute Gasteiger partial charge is 0.148 e. The van der Waals surface area contributed by atoms with Crippen molar-refractivity contribution in [2.75, 3.05) is 12.0 Å². The van der Waals surface area contributed by atoms with Crippen molar-refractivity contribution in [2.45, 2.75) is 33.0 Å². The van der Waals surface area contributed by atoms with Gasteiger partial charge in [0.2, 0.25) is 0 Å². The number of hydrogen-bond donors (Lipinski definition) is 1. The molecule has 0 aliphatic carbocycles. The molecular weight excluding hydrogens is 226 g/mol. The lowest BCUT2D eigenvalue weighted by molar-refractivity contribution is 0.538. The summed E-state index contributed by atoms with van der Waals surface area (Å²) in [5, 5.41) is 3.15.